The van der Waals surface area contributed by atoms with Crippen LogP contribution in [-0.4, -0.2) is 117 Å². The van der Waals surface area contributed by atoms with Crippen LogP contribution in [0.4, 0.5) is 28.0 Å². The number of fused-ring (bicyclic) bond motifs is 3. The Morgan fingerprint density at radius 1 is 1.10 bits per heavy atom. The molecule has 2 saturated carbocycles. The van der Waals surface area contributed by atoms with Crippen LogP contribution in [0.25, 0.3) is 10.8 Å². The van der Waals surface area contributed by atoms with Gasteiger partial charge in [0, 0.05) is 42.9 Å². The van der Waals surface area contributed by atoms with Crippen LogP contribution in [0.1, 0.15) is 72.6 Å². The van der Waals surface area contributed by atoms with Gasteiger partial charge in [0.2, 0.25) is 33.3 Å². The molecule has 3 fully saturated rings. The van der Waals surface area contributed by atoms with E-state index in [9.17, 15) is 45.2 Å². The molecule has 2 aromatic rings. The number of anilines is 1. The van der Waals surface area contributed by atoms with Gasteiger partial charge in [-0.1, -0.05) is 26.0 Å². The second-order valence-corrected chi connectivity index (χ2v) is 19.7. The molecular formula is C41H54F4N6O9S. The number of ether oxygens (including phenoxy) is 3. The van der Waals surface area contributed by atoms with Crippen molar-refractivity contribution in [3.8, 4) is 11.6 Å². The van der Waals surface area contributed by atoms with Gasteiger partial charge < -0.3 is 34.6 Å². The molecule has 1 saturated heterocycles. The van der Waals surface area contributed by atoms with Crippen LogP contribution in [0.15, 0.2) is 36.5 Å². The van der Waals surface area contributed by atoms with E-state index in [0.29, 0.717) is 49.6 Å². The average molecular weight is 883 g/mol. The second kappa shape index (κ2) is 16.8. The van der Waals surface area contributed by atoms with Gasteiger partial charge in [-0.15, -0.1) is 0 Å². The van der Waals surface area contributed by atoms with E-state index >= 15 is 0 Å². The summed E-state index contributed by atoms with van der Waals surface area (Å²) in [5.41, 5.74) is -3.83. The Hall–Kier alpha value is -4.88. The highest BCUT2D eigenvalue weighted by Crippen LogP contribution is 2.48. The van der Waals surface area contributed by atoms with E-state index in [4.69, 9.17) is 14.2 Å². The number of nitrogens with one attached hydrogen (secondary N) is 3. The minimum Gasteiger partial charge on any atom is -0.494 e. The molecule has 2 aliphatic heterocycles. The number of sulfonamides is 1. The molecule has 7 atom stereocenters. The third-order valence-electron chi connectivity index (χ3n) is 12.4. The average Bonchev–Trinajstić information content (AvgIpc) is 4.09. The highest BCUT2D eigenvalue weighted by molar-refractivity contribution is 7.91. The maximum atomic E-state index is 14.8. The summed E-state index contributed by atoms with van der Waals surface area (Å²) < 4.78 is 98.7. The Morgan fingerprint density at radius 3 is 2.43 bits per heavy atom. The van der Waals surface area contributed by atoms with Gasteiger partial charge >= 0.3 is 12.3 Å². The summed E-state index contributed by atoms with van der Waals surface area (Å²) in [4.78, 5) is 64.0. The Morgan fingerprint density at radius 2 is 1.80 bits per heavy atom. The summed E-state index contributed by atoms with van der Waals surface area (Å²) >= 11 is 0. The molecule has 4 aliphatic rings. The number of allylic oxidation sites excluding steroid dienone is 1. The van der Waals surface area contributed by atoms with Crippen molar-refractivity contribution < 1.29 is 59.4 Å². The van der Waals surface area contributed by atoms with Crippen molar-refractivity contribution >= 4 is 50.3 Å². The third-order valence-corrected chi connectivity index (χ3v) is 14.5. The lowest BCUT2D eigenvalue weighted by atomic mass is 9.88. The highest BCUT2D eigenvalue weighted by atomic mass is 32.2. The first-order valence-electron chi connectivity index (χ1n) is 20.3. The third kappa shape index (κ3) is 9.19. The number of carbonyl (C=O) groups is 4. The fourth-order valence-electron chi connectivity index (χ4n) is 8.07. The summed E-state index contributed by atoms with van der Waals surface area (Å²) in [6, 6.07) is 2.62. The van der Waals surface area contributed by atoms with Crippen molar-refractivity contribution in [2.24, 2.45) is 17.8 Å². The molecule has 15 nitrogen and oxygen atoms in total. The number of alkyl carbamates (subject to hydrolysis) is 1. The standard InChI is InChI=1S/C41H54F4N6O9S/c1-23-10-8-9-11-25-19-40(25,36(54)49-61(56,57)39(22-42)14-15-39)48-33(52)30-18-27(59-34-28-13-12-26(50(5)6)17-29(28)31(58-7)20-46-34)21-51(30)35(53)32(24(2)16-23)47-37(55)60-38(3,4)41(43,44)45/h9,11-13,17,20,23-25,27,30,32H,8,10,14-16,18-19,21-22H2,1-7H3,(H,47,55)(H,48,52)(H,49,54). The molecule has 3 N–H and O–H groups in total. The van der Waals surface area contributed by atoms with Gasteiger partial charge in [-0.3, -0.25) is 19.1 Å². The lowest BCUT2D eigenvalue weighted by Gasteiger charge is -2.34. The monoisotopic (exact) mass is 882 g/mol. The van der Waals surface area contributed by atoms with Gasteiger partial charge in [0.25, 0.3) is 5.91 Å². The summed E-state index contributed by atoms with van der Waals surface area (Å²) in [6.07, 6.45) is -1.10. The van der Waals surface area contributed by atoms with Crippen molar-refractivity contribution in [3.63, 3.8) is 0 Å². The number of amides is 4. The van der Waals surface area contributed by atoms with Crippen LogP contribution in [-0.2, 0) is 29.1 Å². The van der Waals surface area contributed by atoms with Gasteiger partial charge in [0.15, 0.2) is 0 Å². The number of hydrogen-bond acceptors (Lipinski definition) is 11. The molecule has 6 rings (SSSR count). The quantitative estimate of drug-likeness (QED) is 0.217. The fourth-order valence-corrected chi connectivity index (χ4v) is 9.49. The molecule has 61 heavy (non-hydrogen) atoms. The summed E-state index contributed by atoms with van der Waals surface area (Å²) in [5.74, 6) is -3.53. The zero-order chi connectivity index (χ0) is 44.9. The minimum atomic E-state index is -4.94. The van der Waals surface area contributed by atoms with Crippen molar-refractivity contribution in [2.75, 3.05) is 39.3 Å². The molecule has 4 amide bonds. The first-order valence-corrected chi connectivity index (χ1v) is 21.8. The van der Waals surface area contributed by atoms with Crippen molar-refractivity contribution in [2.45, 2.75) is 113 Å². The number of carbonyl (C=O) groups excluding carboxylic acids is 4. The zero-order valence-corrected chi connectivity index (χ0v) is 36.0. The number of halogens is 4. The number of aromatic nitrogens is 1. The largest absolute Gasteiger partial charge is 0.494 e. The van der Waals surface area contributed by atoms with Gasteiger partial charge in [0.1, 0.15) is 40.9 Å². The number of methoxy groups -OCH3 is 1. The lowest BCUT2D eigenvalue weighted by molar-refractivity contribution is -0.244. The minimum absolute atomic E-state index is 0.00804. The first-order chi connectivity index (χ1) is 28.5. The predicted octanol–water partition coefficient (Wildman–Crippen LogP) is 4.93. The molecule has 1 aromatic heterocycles. The summed E-state index contributed by atoms with van der Waals surface area (Å²) in [6.45, 7) is 3.47. The van der Waals surface area contributed by atoms with E-state index in [1.165, 1.54) is 13.3 Å². The van der Waals surface area contributed by atoms with E-state index in [0.717, 1.165) is 10.6 Å². The van der Waals surface area contributed by atoms with Crippen molar-refractivity contribution in [1.82, 2.24) is 25.2 Å². The molecule has 2 aliphatic carbocycles. The van der Waals surface area contributed by atoms with Crippen LogP contribution < -0.4 is 29.7 Å². The SMILES string of the molecule is COc1cnc(OC2CC3C(=O)NC4(C(=O)NS(=O)(=O)C5(CF)CC5)CC4C=CCCC(C)CC(C)C(NC(=O)OC(C)(C)C(F)(F)F)C(=O)N3C2)c2ccc(N(C)C)cc12. The molecule has 0 radical (unpaired) electrons. The van der Waals surface area contributed by atoms with Crippen LogP contribution in [0.5, 0.6) is 11.6 Å². The van der Waals surface area contributed by atoms with E-state index in [2.05, 4.69) is 15.6 Å². The Kier molecular flexibility index (Phi) is 12.5. The van der Waals surface area contributed by atoms with Crippen molar-refractivity contribution in [3.05, 3.63) is 36.5 Å². The number of alkyl halides is 4. The van der Waals surface area contributed by atoms with E-state index in [1.54, 1.807) is 19.1 Å². The number of pyridine rings is 1. The number of rotatable bonds is 10. The molecule has 20 heteroatoms. The normalized spacial score (nSPS) is 28.0. The molecule has 0 bridgehead atoms. The summed E-state index contributed by atoms with van der Waals surface area (Å²) in [5, 5.41) is 6.30. The number of nitrogens with zero attached hydrogens (tertiary/aromatic N) is 3. The van der Waals surface area contributed by atoms with Crippen LogP contribution in [0, 0.1) is 17.8 Å². The first kappa shape index (κ1) is 45.6. The topological polar surface area (TPSA) is 186 Å². The smallest absolute Gasteiger partial charge is 0.427 e. The molecule has 3 heterocycles. The summed E-state index contributed by atoms with van der Waals surface area (Å²) in [7, 11) is 0.758. The van der Waals surface area contributed by atoms with Gasteiger partial charge in [0.05, 0.1) is 19.9 Å². The van der Waals surface area contributed by atoms with Crippen LogP contribution in [0.3, 0.4) is 0 Å². The van der Waals surface area contributed by atoms with E-state index < -0.39 is 92.6 Å². The highest BCUT2D eigenvalue weighted by Gasteiger charge is 2.64. The Labute approximate surface area is 352 Å². The maximum absolute atomic E-state index is 14.8. The molecule has 0 spiro atoms. The van der Waals surface area contributed by atoms with E-state index in [1.807, 2.05) is 48.8 Å². The second-order valence-electron chi connectivity index (χ2n) is 17.6. The van der Waals surface area contributed by atoms with Crippen LogP contribution in [0.2, 0.25) is 0 Å². The zero-order valence-electron chi connectivity index (χ0n) is 35.2. The van der Waals surface area contributed by atoms with Gasteiger partial charge in [-0.25, -0.2) is 22.6 Å². The fraction of sp³-hybridized carbons (Fsp3) is 0.634. The Bertz CT molecular complexity index is 2180. The van der Waals surface area contributed by atoms with Gasteiger partial charge in [-0.2, -0.15) is 13.2 Å². The lowest BCUT2D eigenvalue weighted by Crippen LogP contribution is -2.60. The predicted molar refractivity (Wildman–Crippen MR) is 216 cm³/mol. The van der Waals surface area contributed by atoms with Crippen molar-refractivity contribution in [1.29, 1.82) is 0 Å². The van der Waals surface area contributed by atoms with Gasteiger partial charge in [-0.05, 0) is 82.4 Å². The molecule has 7 unspecified atom stereocenters. The molecular weight excluding hydrogens is 829 g/mol. The Balaban J connectivity index is 1.37. The van der Waals surface area contributed by atoms with Crippen LogP contribution >= 0.6 is 0 Å². The maximum Gasteiger partial charge on any atom is 0.427 e. The number of benzene rings is 1. The molecule has 1 aromatic carbocycles. The number of hydrogen-bond donors (Lipinski definition) is 3. The van der Waals surface area contributed by atoms with E-state index in [-0.39, 0.29) is 44.0 Å². The molecule has 336 valence electrons.